The van der Waals surface area contributed by atoms with E-state index in [2.05, 4.69) is 10.2 Å². The topological polar surface area (TPSA) is 46.1 Å². The minimum atomic E-state index is -0.106. The lowest BCUT2D eigenvalue weighted by molar-refractivity contribution is -0.117. The van der Waals surface area contributed by atoms with E-state index in [0.29, 0.717) is 18.8 Å². The van der Waals surface area contributed by atoms with Crippen molar-refractivity contribution in [3.8, 4) is 0 Å². The fourth-order valence-electron chi connectivity index (χ4n) is 1.42. The van der Waals surface area contributed by atoms with E-state index in [9.17, 15) is 4.79 Å². The van der Waals surface area contributed by atoms with E-state index >= 15 is 0 Å². The Kier molecular flexibility index (Phi) is 2.37. The van der Waals surface area contributed by atoms with Crippen LogP contribution in [-0.4, -0.2) is 28.0 Å². The van der Waals surface area contributed by atoms with Gasteiger partial charge >= 0.3 is 0 Å². The minimum Gasteiger partial charge on any atom is -0.294 e. The molecule has 14 heavy (non-hydrogen) atoms. The first-order chi connectivity index (χ1) is 6.66. The zero-order valence-corrected chi connectivity index (χ0v) is 8.53. The molecule has 74 valence electrons. The van der Waals surface area contributed by atoms with Crippen LogP contribution in [0.25, 0.3) is 0 Å². The third-order valence-electron chi connectivity index (χ3n) is 2.14. The Balaban J connectivity index is 2.23. The Morgan fingerprint density at radius 3 is 2.79 bits per heavy atom. The van der Waals surface area contributed by atoms with Crippen LogP contribution in [0.5, 0.6) is 0 Å². The summed E-state index contributed by atoms with van der Waals surface area (Å²) in [4.78, 5) is 13.0. The van der Waals surface area contributed by atoms with E-state index < -0.39 is 0 Å². The van der Waals surface area contributed by atoms with Gasteiger partial charge in [0.1, 0.15) is 0 Å². The number of alkyl halides is 1. The maximum atomic E-state index is 11.4. The van der Waals surface area contributed by atoms with E-state index in [1.165, 1.54) is 0 Å². The van der Waals surface area contributed by atoms with Crippen LogP contribution in [0.4, 0.5) is 5.82 Å². The lowest BCUT2D eigenvalue weighted by Crippen LogP contribution is -2.25. The number of hydrogen-bond donors (Lipinski definition) is 0. The van der Waals surface area contributed by atoms with Gasteiger partial charge in [-0.1, -0.05) is 0 Å². The molecule has 5 heteroatoms. The number of amides is 1. The highest BCUT2D eigenvalue weighted by atomic mass is 35.5. The maximum Gasteiger partial charge on any atom is 0.229 e. The van der Waals surface area contributed by atoms with Gasteiger partial charge in [-0.05, 0) is 19.1 Å². The summed E-state index contributed by atoms with van der Waals surface area (Å²) in [5, 5.41) is 7.73. The highest BCUT2D eigenvalue weighted by Crippen LogP contribution is 2.21. The van der Waals surface area contributed by atoms with E-state index in [0.717, 1.165) is 5.69 Å². The zero-order chi connectivity index (χ0) is 10.1. The average molecular weight is 212 g/mol. The van der Waals surface area contributed by atoms with Gasteiger partial charge in [0.2, 0.25) is 5.91 Å². The molecule has 1 aliphatic rings. The van der Waals surface area contributed by atoms with Crippen molar-refractivity contribution in [3.63, 3.8) is 0 Å². The Hall–Kier alpha value is -1.16. The van der Waals surface area contributed by atoms with Gasteiger partial charge in [0.15, 0.2) is 5.82 Å². The summed E-state index contributed by atoms with van der Waals surface area (Å²) in [5.41, 5.74) is 0.836. The van der Waals surface area contributed by atoms with Gasteiger partial charge in [0, 0.05) is 13.0 Å². The smallest absolute Gasteiger partial charge is 0.229 e. The molecule has 0 aromatic carbocycles. The number of carbonyl (C=O) groups excluding carboxylic acids is 1. The lowest BCUT2D eigenvalue weighted by atomic mass is 10.4. The van der Waals surface area contributed by atoms with Crippen LogP contribution in [-0.2, 0) is 4.79 Å². The SMILES string of the molecule is Cc1ccc(N2CC(Cl)CC2=O)nn1. The molecule has 1 saturated heterocycles. The first-order valence-electron chi connectivity index (χ1n) is 4.41. The number of nitrogens with zero attached hydrogens (tertiary/aromatic N) is 3. The molecule has 1 unspecified atom stereocenters. The number of aromatic nitrogens is 2. The van der Waals surface area contributed by atoms with Crippen molar-refractivity contribution in [1.29, 1.82) is 0 Å². The first-order valence-corrected chi connectivity index (χ1v) is 4.85. The third kappa shape index (κ3) is 1.70. The normalized spacial score (nSPS) is 21.7. The molecule has 0 aliphatic carbocycles. The maximum absolute atomic E-state index is 11.4. The van der Waals surface area contributed by atoms with E-state index in [4.69, 9.17) is 11.6 Å². The van der Waals surface area contributed by atoms with E-state index in [-0.39, 0.29) is 11.3 Å². The molecule has 2 heterocycles. The molecule has 1 amide bonds. The monoisotopic (exact) mass is 211 g/mol. The molecule has 0 N–H and O–H groups in total. The lowest BCUT2D eigenvalue weighted by Gasteiger charge is -2.13. The van der Waals surface area contributed by atoms with Gasteiger partial charge in [0.25, 0.3) is 0 Å². The van der Waals surface area contributed by atoms with Crippen LogP contribution in [0.15, 0.2) is 12.1 Å². The molecule has 1 aliphatic heterocycles. The average Bonchev–Trinajstić information content (AvgIpc) is 2.47. The first kappa shape index (κ1) is 9.40. The number of carbonyl (C=O) groups is 1. The molecular weight excluding hydrogens is 202 g/mol. The van der Waals surface area contributed by atoms with Gasteiger partial charge in [0.05, 0.1) is 11.1 Å². The van der Waals surface area contributed by atoms with Crippen molar-refractivity contribution in [1.82, 2.24) is 10.2 Å². The third-order valence-corrected chi connectivity index (χ3v) is 2.43. The molecule has 0 saturated carbocycles. The summed E-state index contributed by atoms with van der Waals surface area (Å²) in [6.45, 7) is 2.38. The Morgan fingerprint density at radius 1 is 1.50 bits per heavy atom. The summed E-state index contributed by atoms with van der Waals surface area (Å²) in [7, 11) is 0. The highest BCUT2D eigenvalue weighted by Gasteiger charge is 2.29. The minimum absolute atomic E-state index is 0.0168. The van der Waals surface area contributed by atoms with Crippen molar-refractivity contribution in [2.75, 3.05) is 11.4 Å². The van der Waals surface area contributed by atoms with Crippen LogP contribution < -0.4 is 4.90 Å². The number of anilines is 1. The van der Waals surface area contributed by atoms with Gasteiger partial charge in [-0.2, -0.15) is 5.10 Å². The van der Waals surface area contributed by atoms with Gasteiger partial charge in [-0.15, -0.1) is 16.7 Å². The van der Waals surface area contributed by atoms with Crippen LogP contribution in [0, 0.1) is 6.92 Å². The van der Waals surface area contributed by atoms with Gasteiger partial charge in [-0.25, -0.2) is 0 Å². The Bertz CT molecular complexity index is 352. The second-order valence-electron chi connectivity index (χ2n) is 3.34. The molecular formula is C9H10ClN3O. The van der Waals surface area contributed by atoms with Crippen molar-refractivity contribution in [2.24, 2.45) is 0 Å². The predicted molar refractivity (Wildman–Crippen MR) is 53.4 cm³/mol. The second kappa shape index (κ2) is 3.53. The predicted octanol–water partition coefficient (Wildman–Crippen LogP) is 1.13. The molecule has 1 fully saturated rings. The number of rotatable bonds is 1. The number of hydrogen-bond acceptors (Lipinski definition) is 3. The molecule has 0 bridgehead atoms. The number of aryl methyl sites for hydroxylation is 1. The quantitative estimate of drug-likeness (QED) is 0.655. The van der Waals surface area contributed by atoms with Crippen molar-refractivity contribution in [3.05, 3.63) is 17.8 Å². The largest absolute Gasteiger partial charge is 0.294 e. The van der Waals surface area contributed by atoms with Crippen molar-refractivity contribution < 1.29 is 4.79 Å². The molecule has 1 aromatic rings. The van der Waals surface area contributed by atoms with Crippen LogP contribution in [0.3, 0.4) is 0 Å². The molecule has 2 rings (SSSR count). The summed E-state index contributed by atoms with van der Waals surface area (Å²) < 4.78 is 0. The molecule has 4 nitrogen and oxygen atoms in total. The van der Waals surface area contributed by atoms with Crippen molar-refractivity contribution >= 4 is 23.3 Å². The Labute approximate surface area is 86.9 Å². The fourth-order valence-corrected chi connectivity index (χ4v) is 1.69. The second-order valence-corrected chi connectivity index (χ2v) is 3.96. The van der Waals surface area contributed by atoms with Crippen molar-refractivity contribution in [2.45, 2.75) is 18.7 Å². The summed E-state index contributed by atoms with van der Waals surface area (Å²) in [6.07, 6.45) is 0.386. The standard InChI is InChI=1S/C9H10ClN3O/c1-6-2-3-8(12-11-6)13-5-7(10)4-9(13)14/h2-3,7H,4-5H2,1H3. The van der Waals surface area contributed by atoms with Gasteiger partial charge < -0.3 is 0 Å². The zero-order valence-electron chi connectivity index (χ0n) is 7.77. The van der Waals surface area contributed by atoms with Crippen LogP contribution >= 0.6 is 11.6 Å². The molecule has 0 radical (unpaired) electrons. The summed E-state index contributed by atoms with van der Waals surface area (Å²) in [6, 6.07) is 3.62. The van der Waals surface area contributed by atoms with Crippen LogP contribution in [0.2, 0.25) is 0 Å². The van der Waals surface area contributed by atoms with Crippen LogP contribution in [0.1, 0.15) is 12.1 Å². The van der Waals surface area contributed by atoms with E-state index in [1.807, 2.05) is 13.0 Å². The fraction of sp³-hybridized carbons (Fsp3) is 0.444. The molecule has 0 spiro atoms. The molecule has 1 aromatic heterocycles. The number of halogens is 1. The summed E-state index contributed by atoms with van der Waals surface area (Å²) >= 11 is 5.87. The molecule has 1 atom stereocenters. The highest BCUT2D eigenvalue weighted by molar-refractivity contribution is 6.24. The summed E-state index contributed by atoms with van der Waals surface area (Å²) in [5.74, 6) is 0.604. The van der Waals surface area contributed by atoms with E-state index in [1.54, 1.807) is 11.0 Å². The Morgan fingerprint density at radius 2 is 2.29 bits per heavy atom. The van der Waals surface area contributed by atoms with Gasteiger partial charge in [-0.3, -0.25) is 9.69 Å².